The molecule has 0 aliphatic carbocycles. The number of aryl methyl sites for hydroxylation is 1. The van der Waals surface area contributed by atoms with Gasteiger partial charge in [-0.1, -0.05) is 18.2 Å². The lowest BCUT2D eigenvalue weighted by atomic mass is 10.0. The number of aromatic nitrogens is 2. The molecule has 1 aliphatic rings. The highest BCUT2D eigenvalue weighted by molar-refractivity contribution is 5.93. The number of carbonyl (C=O) groups excluding carboxylic acids is 1. The number of piperidine rings is 1. The molecule has 150 valence electrons. The third-order valence-electron chi connectivity index (χ3n) is 5.34. The molecular weight excluding hydrogens is 366 g/mol. The molecule has 6 nitrogen and oxygen atoms in total. The van der Waals surface area contributed by atoms with E-state index in [2.05, 4.69) is 9.97 Å². The summed E-state index contributed by atoms with van der Waals surface area (Å²) in [6.45, 7) is 2.60. The minimum Gasteiger partial charge on any atom is -0.497 e. The Morgan fingerprint density at radius 1 is 1.24 bits per heavy atom. The van der Waals surface area contributed by atoms with Crippen LogP contribution in [0.2, 0.25) is 0 Å². The first-order valence-electron chi connectivity index (χ1n) is 9.96. The second-order valence-corrected chi connectivity index (χ2v) is 7.37. The van der Waals surface area contributed by atoms with E-state index in [0.29, 0.717) is 24.6 Å². The van der Waals surface area contributed by atoms with Crippen molar-refractivity contribution in [3.8, 4) is 5.75 Å². The zero-order chi connectivity index (χ0) is 20.2. The fourth-order valence-electron chi connectivity index (χ4n) is 3.82. The highest BCUT2D eigenvalue weighted by Gasteiger charge is 2.33. The molecule has 0 N–H and O–H groups in total. The Morgan fingerprint density at radius 2 is 2.14 bits per heavy atom. The predicted molar refractivity (Wildman–Crippen MR) is 109 cm³/mol. The fourth-order valence-corrected chi connectivity index (χ4v) is 3.82. The SMILES string of the molecule is COc1cccc(Cc2cnc([C@H]3CCCCN3C(=O)c3ncccc3C)o2)c1. The van der Waals surface area contributed by atoms with Gasteiger partial charge in [0.05, 0.1) is 13.3 Å². The van der Waals surface area contributed by atoms with Crippen LogP contribution in [0.4, 0.5) is 0 Å². The zero-order valence-electron chi connectivity index (χ0n) is 16.8. The first-order valence-corrected chi connectivity index (χ1v) is 9.96. The molecule has 0 bridgehead atoms. The molecule has 6 heteroatoms. The number of likely N-dealkylation sites (tertiary alicyclic amines) is 1. The summed E-state index contributed by atoms with van der Waals surface area (Å²) in [5.41, 5.74) is 2.48. The lowest BCUT2D eigenvalue weighted by Crippen LogP contribution is -2.39. The van der Waals surface area contributed by atoms with Crippen LogP contribution in [0.3, 0.4) is 0 Å². The number of benzene rings is 1. The Morgan fingerprint density at radius 3 is 2.97 bits per heavy atom. The van der Waals surface area contributed by atoms with E-state index in [9.17, 15) is 4.79 Å². The first-order chi connectivity index (χ1) is 14.2. The number of methoxy groups -OCH3 is 1. The van der Waals surface area contributed by atoms with Crippen molar-refractivity contribution in [1.29, 1.82) is 0 Å². The summed E-state index contributed by atoms with van der Waals surface area (Å²) in [4.78, 5) is 23.8. The maximum Gasteiger partial charge on any atom is 0.273 e. The van der Waals surface area contributed by atoms with Crippen molar-refractivity contribution in [3.63, 3.8) is 0 Å². The maximum absolute atomic E-state index is 13.2. The van der Waals surface area contributed by atoms with Gasteiger partial charge in [0.25, 0.3) is 5.91 Å². The van der Waals surface area contributed by atoms with Crippen LogP contribution in [0.1, 0.15) is 58.6 Å². The number of ether oxygens (including phenoxy) is 1. The molecule has 1 amide bonds. The summed E-state index contributed by atoms with van der Waals surface area (Å²) in [5.74, 6) is 2.14. The Kier molecular flexibility index (Phi) is 5.60. The Bertz CT molecular complexity index is 998. The van der Waals surface area contributed by atoms with Gasteiger partial charge in [-0.3, -0.25) is 9.78 Å². The molecule has 1 aliphatic heterocycles. The largest absolute Gasteiger partial charge is 0.497 e. The lowest BCUT2D eigenvalue weighted by Gasteiger charge is -2.33. The number of amides is 1. The molecule has 0 spiro atoms. The van der Waals surface area contributed by atoms with E-state index in [0.717, 1.165) is 41.9 Å². The van der Waals surface area contributed by atoms with Crippen LogP contribution in [0.15, 0.2) is 53.2 Å². The Hall–Kier alpha value is -3.15. The van der Waals surface area contributed by atoms with Crippen LogP contribution >= 0.6 is 0 Å². The van der Waals surface area contributed by atoms with Crippen molar-refractivity contribution in [1.82, 2.24) is 14.9 Å². The zero-order valence-corrected chi connectivity index (χ0v) is 16.8. The molecule has 0 unspecified atom stereocenters. The van der Waals surface area contributed by atoms with Gasteiger partial charge in [-0.05, 0) is 55.5 Å². The van der Waals surface area contributed by atoms with Crippen LogP contribution < -0.4 is 4.74 Å². The number of oxazole rings is 1. The van der Waals surface area contributed by atoms with Gasteiger partial charge in [0, 0.05) is 19.2 Å². The number of carbonyl (C=O) groups is 1. The van der Waals surface area contributed by atoms with Crippen molar-refractivity contribution >= 4 is 5.91 Å². The van der Waals surface area contributed by atoms with Crippen molar-refractivity contribution in [2.45, 2.75) is 38.6 Å². The van der Waals surface area contributed by atoms with Crippen LogP contribution in [0.5, 0.6) is 5.75 Å². The number of hydrogen-bond donors (Lipinski definition) is 0. The van der Waals surface area contributed by atoms with Crippen molar-refractivity contribution in [2.75, 3.05) is 13.7 Å². The van der Waals surface area contributed by atoms with E-state index in [4.69, 9.17) is 9.15 Å². The number of rotatable bonds is 5. The van der Waals surface area contributed by atoms with Crippen LogP contribution in [-0.4, -0.2) is 34.4 Å². The average Bonchev–Trinajstić information content (AvgIpc) is 3.22. The molecule has 1 fully saturated rings. The Labute approximate surface area is 170 Å². The second-order valence-electron chi connectivity index (χ2n) is 7.37. The van der Waals surface area contributed by atoms with E-state index in [1.165, 1.54) is 0 Å². The lowest BCUT2D eigenvalue weighted by molar-refractivity contribution is 0.0563. The van der Waals surface area contributed by atoms with Crippen LogP contribution in [0, 0.1) is 6.92 Å². The van der Waals surface area contributed by atoms with Gasteiger partial charge in [0.15, 0.2) is 0 Å². The molecule has 1 saturated heterocycles. The minimum absolute atomic E-state index is 0.0552. The molecule has 3 aromatic rings. The molecule has 2 aromatic heterocycles. The molecule has 4 rings (SSSR count). The molecule has 0 saturated carbocycles. The van der Waals surface area contributed by atoms with Gasteiger partial charge in [-0.15, -0.1) is 0 Å². The van der Waals surface area contributed by atoms with Gasteiger partial charge >= 0.3 is 0 Å². The van der Waals surface area contributed by atoms with Crippen molar-refractivity contribution in [3.05, 3.63) is 77.3 Å². The summed E-state index contributed by atoms with van der Waals surface area (Å²) >= 11 is 0. The highest BCUT2D eigenvalue weighted by Crippen LogP contribution is 2.32. The van der Waals surface area contributed by atoms with Crippen LogP contribution in [0.25, 0.3) is 0 Å². The number of pyridine rings is 1. The molecule has 1 atom stereocenters. The van der Waals surface area contributed by atoms with Crippen molar-refractivity contribution in [2.24, 2.45) is 0 Å². The molecule has 3 heterocycles. The summed E-state index contributed by atoms with van der Waals surface area (Å²) in [5, 5.41) is 0. The predicted octanol–water partition coefficient (Wildman–Crippen LogP) is 4.34. The van der Waals surface area contributed by atoms with Gasteiger partial charge in [-0.25, -0.2) is 4.98 Å². The molecular formula is C23H25N3O3. The van der Waals surface area contributed by atoms with Gasteiger partial charge in [0.1, 0.15) is 23.2 Å². The second kappa shape index (κ2) is 8.47. The highest BCUT2D eigenvalue weighted by atomic mass is 16.5. The summed E-state index contributed by atoms with van der Waals surface area (Å²) in [6.07, 6.45) is 6.92. The Balaban J connectivity index is 1.55. The van der Waals surface area contributed by atoms with E-state index in [1.54, 1.807) is 19.5 Å². The quantitative estimate of drug-likeness (QED) is 0.647. The van der Waals surface area contributed by atoms with Crippen molar-refractivity contribution < 1.29 is 13.9 Å². The fraction of sp³-hybridized carbons (Fsp3) is 0.348. The van der Waals surface area contributed by atoms with E-state index >= 15 is 0 Å². The third kappa shape index (κ3) is 4.16. The van der Waals surface area contributed by atoms with E-state index in [1.807, 2.05) is 48.2 Å². The molecule has 1 aromatic carbocycles. The topological polar surface area (TPSA) is 68.5 Å². The molecule has 0 radical (unpaired) electrons. The normalized spacial score (nSPS) is 16.6. The summed E-state index contributed by atoms with van der Waals surface area (Å²) in [6, 6.07) is 11.5. The van der Waals surface area contributed by atoms with Crippen LogP contribution in [-0.2, 0) is 6.42 Å². The summed E-state index contributed by atoms with van der Waals surface area (Å²) in [7, 11) is 1.66. The van der Waals surface area contributed by atoms with E-state index in [-0.39, 0.29) is 11.9 Å². The minimum atomic E-state index is -0.156. The van der Waals surface area contributed by atoms with Gasteiger partial charge in [-0.2, -0.15) is 0 Å². The standard InChI is InChI=1S/C23H25N3O3/c1-16-7-6-11-24-21(16)23(27)26-12-4-3-10-20(26)22-25-15-19(29-22)14-17-8-5-9-18(13-17)28-2/h5-9,11,13,15,20H,3-4,10,12,14H2,1-2H3/t20-/m1/s1. The smallest absolute Gasteiger partial charge is 0.273 e. The van der Waals surface area contributed by atoms with E-state index < -0.39 is 0 Å². The van der Waals surface area contributed by atoms with Gasteiger partial charge in [0.2, 0.25) is 5.89 Å². The summed E-state index contributed by atoms with van der Waals surface area (Å²) < 4.78 is 11.4. The molecule has 29 heavy (non-hydrogen) atoms. The number of nitrogens with zero attached hydrogens (tertiary/aromatic N) is 3. The monoisotopic (exact) mass is 391 g/mol. The maximum atomic E-state index is 13.2. The third-order valence-corrected chi connectivity index (χ3v) is 5.34. The first kappa shape index (κ1) is 19.2. The number of hydrogen-bond acceptors (Lipinski definition) is 5. The average molecular weight is 391 g/mol. The van der Waals surface area contributed by atoms with Gasteiger partial charge < -0.3 is 14.1 Å².